The highest BCUT2D eigenvalue weighted by molar-refractivity contribution is 7.99. The van der Waals surface area contributed by atoms with Crippen LogP contribution >= 0.6 is 23.1 Å². The zero-order chi connectivity index (χ0) is 12.3. The first kappa shape index (κ1) is 12.2. The molecular formula is C13H12O2S2. The second kappa shape index (κ2) is 5.38. The molecule has 1 heterocycles. The molecule has 1 atom stereocenters. The molecule has 0 aliphatic rings. The number of hydrogen-bond donors (Lipinski definition) is 1. The highest BCUT2D eigenvalue weighted by atomic mass is 32.2. The highest BCUT2D eigenvalue weighted by Crippen LogP contribution is 2.36. The minimum atomic E-state index is -0.853. The van der Waals surface area contributed by atoms with Gasteiger partial charge in [0.15, 0.2) is 0 Å². The van der Waals surface area contributed by atoms with Crippen molar-refractivity contribution >= 4 is 29.1 Å². The Kier molecular flexibility index (Phi) is 3.86. The van der Waals surface area contributed by atoms with Crippen LogP contribution in [0.4, 0.5) is 0 Å². The van der Waals surface area contributed by atoms with E-state index in [9.17, 15) is 4.79 Å². The predicted octanol–water partition coefficient (Wildman–Crippen LogP) is 4.30. The number of carboxylic acids is 1. The molecule has 2 rings (SSSR count). The fourth-order valence-electron chi connectivity index (χ4n) is 1.49. The van der Waals surface area contributed by atoms with Crippen LogP contribution in [0.15, 0.2) is 46.7 Å². The summed E-state index contributed by atoms with van der Waals surface area (Å²) in [4.78, 5) is 12.2. The summed E-state index contributed by atoms with van der Waals surface area (Å²) in [5.41, 5.74) is 1.25. The largest absolute Gasteiger partial charge is 0.477 e. The Morgan fingerprint density at radius 1 is 1.35 bits per heavy atom. The maximum absolute atomic E-state index is 10.8. The maximum Gasteiger partial charge on any atom is 0.345 e. The van der Waals surface area contributed by atoms with E-state index in [1.165, 1.54) is 16.9 Å². The normalized spacial score (nSPS) is 12.3. The predicted molar refractivity (Wildman–Crippen MR) is 72.0 cm³/mol. The van der Waals surface area contributed by atoms with Crippen LogP contribution in [-0.4, -0.2) is 11.1 Å². The van der Waals surface area contributed by atoms with Crippen molar-refractivity contribution in [1.82, 2.24) is 0 Å². The first-order valence-corrected chi connectivity index (χ1v) is 6.96. The van der Waals surface area contributed by atoms with E-state index < -0.39 is 5.97 Å². The summed E-state index contributed by atoms with van der Waals surface area (Å²) in [6.07, 6.45) is 0. The average Bonchev–Trinajstić information content (AvgIpc) is 2.79. The smallest absolute Gasteiger partial charge is 0.345 e. The van der Waals surface area contributed by atoms with Crippen molar-refractivity contribution in [3.63, 3.8) is 0 Å². The van der Waals surface area contributed by atoms with Gasteiger partial charge in [0.25, 0.3) is 0 Å². The fraction of sp³-hybridized carbons (Fsp3) is 0.154. The van der Waals surface area contributed by atoms with Crippen LogP contribution in [0.2, 0.25) is 0 Å². The van der Waals surface area contributed by atoms with E-state index in [1.54, 1.807) is 17.8 Å². The lowest BCUT2D eigenvalue weighted by molar-refractivity contribution is 0.0702. The summed E-state index contributed by atoms with van der Waals surface area (Å²) in [5, 5.41) is 11.1. The van der Waals surface area contributed by atoms with Gasteiger partial charge < -0.3 is 5.11 Å². The van der Waals surface area contributed by atoms with Crippen LogP contribution in [0.3, 0.4) is 0 Å². The van der Waals surface area contributed by atoms with Crippen LogP contribution < -0.4 is 0 Å². The third-order valence-corrected chi connectivity index (χ3v) is 4.57. The SMILES string of the molecule is CC(Sc1csc(C(=O)O)c1)c1ccccc1. The van der Waals surface area contributed by atoms with Gasteiger partial charge in [-0.15, -0.1) is 23.1 Å². The molecule has 0 saturated heterocycles. The first-order valence-electron chi connectivity index (χ1n) is 5.20. The van der Waals surface area contributed by atoms with Gasteiger partial charge in [-0.05, 0) is 18.6 Å². The molecule has 1 N–H and O–H groups in total. The zero-order valence-electron chi connectivity index (χ0n) is 9.29. The van der Waals surface area contributed by atoms with Gasteiger partial charge in [-0.2, -0.15) is 0 Å². The van der Waals surface area contributed by atoms with Crippen molar-refractivity contribution in [3.05, 3.63) is 52.2 Å². The van der Waals surface area contributed by atoms with Gasteiger partial charge in [0.05, 0.1) is 0 Å². The number of rotatable bonds is 4. The first-order chi connectivity index (χ1) is 8.16. The van der Waals surface area contributed by atoms with Crippen molar-refractivity contribution in [3.8, 4) is 0 Å². The lowest BCUT2D eigenvalue weighted by Gasteiger charge is -2.09. The van der Waals surface area contributed by atoms with E-state index >= 15 is 0 Å². The molecule has 0 spiro atoms. The molecule has 0 saturated carbocycles. The van der Waals surface area contributed by atoms with Crippen molar-refractivity contribution in [2.45, 2.75) is 17.1 Å². The van der Waals surface area contributed by atoms with Gasteiger partial charge in [0.1, 0.15) is 4.88 Å². The maximum atomic E-state index is 10.8. The van der Waals surface area contributed by atoms with Gasteiger partial charge >= 0.3 is 5.97 Å². The second-order valence-electron chi connectivity index (χ2n) is 3.62. The number of benzene rings is 1. The molecule has 0 aliphatic carbocycles. The Labute approximate surface area is 108 Å². The monoisotopic (exact) mass is 264 g/mol. The van der Waals surface area contributed by atoms with Crippen LogP contribution in [0, 0.1) is 0 Å². The van der Waals surface area contributed by atoms with Gasteiger partial charge in [-0.25, -0.2) is 4.79 Å². The minimum Gasteiger partial charge on any atom is -0.477 e. The van der Waals surface area contributed by atoms with Crippen molar-refractivity contribution in [1.29, 1.82) is 0 Å². The summed E-state index contributed by atoms with van der Waals surface area (Å²) < 4.78 is 0. The average molecular weight is 264 g/mol. The Hall–Kier alpha value is -1.26. The quantitative estimate of drug-likeness (QED) is 0.837. The molecule has 4 heteroatoms. The van der Waals surface area contributed by atoms with Gasteiger partial charge in [-0.3, -0.25) is 0 Å². The molecule has 88 valence electrons. The van der Waals surface area contributed by atoms with Crippen LogP contribution in [-0.2, 0) is 0 Å². The minimum absolute atomic E-state index is 0.326. The zero-order valence-corrected chi connectivity index (χ0v) is 10.9. The summed E-state index contributed by atoms with van der Waals surface area (Å²) in [5.74, 6) is -0.853. The molecule has 0 radical (unpaired) electrons. The molecule has 1 aromatic heterocycles. The molecule has 1 aromatic carbocycles. The number of aromatic carboxylic acids is 1. The Balaban J connectivity index is 2.08. The van der Waals surface area contributed by atoms with E-state index in [4.69, 9.17) is 5.11 Å². The van der Waals surface area contributed by atoms with Gasteiger partial charge in [0, 0.05) is 15.5 Å². The van der Waals surface area contributed by atoms with E-state index in [0.717, 1.165) is 4.90 Å². The van der Waals surface area contributed by atoms with Crippen molar-refractivity contribution in [2.75, 3.05) is 0 Å². The van der Waals surface area contributed by atoms with Gasteiger partial charge in [0.2, 0.25) is 0 Å². The van der Waals surface area contributed by atoms with E-state index in [0.29, 0.717) is 10.1 Å². The lowest BCUT2D eigenvalue weighted by Crippen LogP contribution is -1.90. The molecule has 1 unspecified atom stereocenters. The highest BCUT2D eigenvalue weighted by Gasteiger charge is 2.11. The van der Waals surface area contributed by atoms with E-state index in [-0.39, 0.29) is 0 Å². The Morgan fingerprint density at radius 2 is 2.06 bits per heavy atom. The number of thiophene rings is 1. The topological polar surface area (TPSA) is 37.3 Å². The molecule has 2 aromatic rings. The van der Waals surface area contributed by atoms with Crippen molar-refractivity contribution in [2.24, 2.45) is 0 Å². The fourth-order valence-corrected chi connectivity index (χ4v) is 3.42. The second-order valence-corrected chi connectivity index (χ2v) is 5.95. The van der Waals surface area contributed by atoms with Crippen LogP contribution in [0.1, 0.15) is 27.4 Å². The summed E-state index contributed by atoms with van der Waals surface area (Å²) in [6.45, 7) is 2.12. The lowest BCUT2D eigenvalue weighted by atomic mass is 10.2. The number of carbonyl (C=O) groups is 1. The third-order valence-electron chi connectivity index (χ3n) is 2.37. The van der Waals surface area contributed by atoms with Crippen LogP contribution in [0.5, 0.6) is 0 Å². The molecule has 0 amide bonds. The molecule has 17 heavy (non-hydrogen) atoms. The molecule has 0 aliphatic heterocycles. The molecular weight excluding hydrogens is 252 g/mol. The number of thioether (sulfide) groups is 1. The Bertz CT molecular complexity index is 505. The van der Waals surface area contributed by atoms with E-state index in [1.807, 2.05) is 23.6 Å². The van der Waals surface area contributed by atoms with Gasteiger partial charge in [-0.1, -0.05) is 30.3 Å². The van der Waals surface area contributed by atoms with Crippen molar-refractivity contribution < 1.29 is 9.90 Å². The summed E-state index contributed by atoms with van der Waals surface area (Å²) in [7, 11) is 0. The van der Waals surface area contributed by atoms with Crippen LogP contribution in [0.25, 0.3) is 0 Å². The van der Waals surface area contributed by atoms with E-state index in [2.05, 4.69) is 19.1 Å². The standard InChI is InChI=1S/C13H12O2S2/c1-9(10-5-3-2-4-6-10)17-11-7-12(13(14)15)16-8-11/h2-9H,1H3,(H,14,15). The Morgan fingerprint density at radius 3 is 2.65 bits per heavy atom. The molecule has 2 nitrogen and oxygen atoms in total. The summed E-state index contributed by atoms with van der Waals surface area (Å²) >= 11 is 2.96. The molecule has 0 bridgehead atoms. The number of hydrogen-bond acceptors (Lipinski definition) is 3. The summed E-state index contributed by atoms with van der Waals surface area (Å²) in [6, 6.07) is 11.9. The number of carboxylic acid groups (broad SMARTS) is 1. The third kappa shape index (κ3) is 3.11. The molecule has 0 fully saturated rings.